The van der Waals surface area contributed by atoms with Gasteiger partial charge in [0, 0.05) is 38.8 Å². The third-order valence-electron chi connectivity index (χ3n) is 3.98. The summed E-state index contributed by atoms with van der Waals surface area (Å²) in [5.41, 5.74) is 0.742. The van der Waals surface area contributed by atoms with E-state index in [0.717, 1.165) is 30.5 Å². The van der Waals surface area contributed by atoms with Crippen LogP contribution in [0.4, 0.5) is 5.69 Å². The number of guanidine groups is 1. The van der Waals surface area contributed by atoms with Crippen LogP contribution in [0.2, 0.25) is 0 Å². The lowest BCUT2D eigenvalue weighted by Gasteiger charge is -2.33. The summed E-state index contributed by atoms with van der Waals surface area (Å²) in [6, 6.07) is 7.41. The van der Waals surface area contributed by atoms with Gasteiger partial charge >= 0.3 is 0 Å². The van der Waals surface area contributed by atoms with Gasteiger partial charge in [0.15, 0.2) is 5.96 Å². The Morgan fingerprint density at radius 3 is 3.00 bits per heavy atom. The lowest BCUT2D eigenvalue weighted by Crippen LogP contribution is -2.47. The minimum Gasteiger partial charge on any atom is -0.492 e. The highest BCUT2D eigenvalue weighted by Crippen LogP contribution is 2.17. The van der Waals surface area contributed by atoms with Crippen LogP contribution >= 0.6 is 0 Å². The average molecular weight is 332 g/mol. The number of likely N-dealkylation sites (tertiary alicyclic amines) is 1. The molecule has 1 amide bonds. The van der Waals surface area contributed by atoms with Crippen molar-refractivity contribution in [2.24, 2.45) is 10.9 Å². The number of benzene rings is 1. The highest BCUT2D eigenvalue weighted by Gasteiger charge is 2.18. The van der Waals surface area contributed by atoms with Crippen LogP contribution in [0.5, 0.6) is 5.75 Å². The minimum atomic E-state index is -0.0895. The van der Waals surface area contributed by atoms with E-state index >= 15 is 0 Å². The van der Waals surface area contributed by atoms with Crippen LogP contribution in [0.1, 0.15) is 26.7 Å². The molecule has 0 aromatic heterocycles. The topological polar surface area (TPSA) is 66.0 Å². The predicted molar refractivity (Wildman–Crippen MR) is 97.6 cm³/mol. The molecule has 1 aromatic carbocycles. The molecule has 1 fully saturated rings. The normalized spacial score (nSPS) is 18.2. The highest BCUT2D eigenvalue weighted by molar-refractivity contribution is 5.88. The smallest absolute Gasteiger partial charge is 0.221 e. The number of carbonyl (C=O) groups is 1. The SMILES string of the molecule is CN=C(NCCOc1cccc(NC(C)=O)c1)N1CCCC(C)C1. The zero-order chi connectivity index (χ0) is 17.4. The van der Waals surface area contributed by atoms with Gasteiger partial charge in [0.25, 0.3) is 0 Å². The molecular weight excluding hydrogens is 304 g/mol. The maximum absolute atomic E-state index is 11.1. The molecule has 0 saturated carbocycles. The summed E-state index contributed by atoms with van der Waals surface area (Å²) < 4.78 is 5.74. The summed E-state index contributed by atoms with van der Waals surface area (Å²) in [5.74, 6) is 2.31. The second-order valence-electron chi connectivity index (χ2n) is 6.22. The van der Waals surface area contributed by atoms with Crippen molar-refractivity contribution in [3.63, 3.8) is 0 Å². The Bertz CT molecular complexity index is 574. The summed E-state index contributed by atoms with van der Waals surface area (Å²) in [5, 5.41) is 6.11. The third kappa shape index (κ3) is 5.76. The number of piperidine rings is 1. The van der Waals surface area contributed by atoms with Crippen molar-refractivity contribution in [2.75, 3.05) is 38.6 Å². The van der Waals surface area contributed by atoms with E-state index in [-0.39, 0.29) is 5.91 Å². The van der Waals surface area contributed by atoms with Crippen LogP contribution in [0.15, 0.2) is 29.3 Å². The van der Waals surface area contributed by atoms with E-state index in [4.69, 9.17) is 4.74 Å². The van der Waals surface area contributed by atoms with Crippen LogP contribution in [0, 0.1) is 5.92 Å². The maximum atomic E-state index is 11.1. The molecule has 1 aliphatic rings. The van der Waals surface area contributed by atoms with Crippen LogP contribution in [-0.2, 0) is 4.79 Å². The fourth-order valence-corrected chi connectivity index (χ4v) is 2.91. The van der Waals surface area contributed by atoms with Gasteiger partial charge in [-0.1, -0.05) is 13.0 Å². The molecule has 2 N–H and O–H groups in total. The average Bonchev–Trinajstić information content (AvgIpc) is 2.54. The number of hydrogen-bond donors (Lipinski definition) is 2. The van der Waals surface area contributed by atoms with E-state index in [0.29, 0.717) is 19.1 Å². The molecule has 1 unspecified atom stereocenters. The van der Waals surface area contributed by atoms with Gasteiger partial charge in [-0.15, -0.1) is 0 Å². The van der Waals surface area contributed by atoms with Gasteiger partial charge in [-0.05, 0) is 30.9 Å². The molecule has 1 aromatic rings. The second kappa shape index (κ2) is 9.15. The lowest BCUT2D eigenvalue weighted by atomic mass is 10.0. The molecule has 132 valence electrons. The van der Waals surface area contributed by atoms with E-state index in [9.17, 15) is 4.79 Å². The number of amides is 1. The van der Waals surface area contributed by atoms with E-state index in [1.807, 2.05) is 31.3 Å². The first-order chi connectivity index (χ1) is 11.6. The van der Waals surface area contributed by atoms with Crippen molar-refractivity contribution in [1.82, 2.24) is 10.2 Å². The first-order valence-electron chi connectivity index (χ1n) is 8.54. The van der Waals surface area contributed by atoms with Crippen molar-refractivity contribution in [2.45, 2.75) is 26.7 Å². The molecule has 0 spiro atoms. The van der Waals surface area contributed by atoms with Crippen LogP contribution in [0.3, 0.4) is 0 Å². The van der Waals surface area contributed by atoms with Crippen molar-refractivity contribution >= 4 is 17.6 Å². The Morgan fingerprint density at radius 1 is 1.46 bits per heavy atom. The number of rotatable bonds is 5. The lowest BCUT2D eigenvalue weighted by molar-refractivity contribution is -0.114. The van der Waals surface area contributed by atoms with Gasteiger partial charge in [0.05, 0.1) is 6.54 Å². The molecule has 6 nitrogen and oxygen atoms in total. The monoisotopic (exact) mass is 332 g/mol. The van der Waals surface area contributed by atoms with Crippen LogP contribution in [-0.4, -0.2) is 50.1 Å². The number of hydrogen-bond acceptors (Lipinski definition) is 3. The second-order valence-corrected chi connectivity index (χ2v) is 6.22. The number of nitrogens with zero attached hydrogens (tertiary/aromatic N) is 2. The number of anilines is 1. The number of nitrogens with one attached hydrogen (secondary N) is 2. The Hall–Kier alpha value is -2.24. The Labute approximate surface area is 144 Å². The van der Waals surface area contributed by atoms with Gasteiger partial charge < -0.3 is 20.3 Å². The summed E-state index contributed by atoms with van der Waals surface area (Å²) in [6.07, 6.45) is 2.51. The molecule has 1 atom stereocenters. The Morgan fingerprint density at radius 2 is 2.29 bits per heavy atom. The molecule has 0 radical (unpaired) electrons. The van der Waals surface area contributed by atoms with E-state index < -0.39 is 0 Å². The van der Waals surface area contributed by atoms with Crippen molar-refractivity contribution < 1.29 is 9.53 Å². The van der Waals surface area contributed by atoms with E-state index in [2.05, 4.69) is 27.4 Å². The zero-order valence-corrected chi connectivity index (χ0v) is 14.8. The summed E-state index contributed by atoms with van der Waals surface area (Å²) in [6.45, 7) is 7.10. The standard InChI is InChI=1S/C18H28N4O2/c1-14-6-5-10-22(13-14)18(19-3)20-9-11-24-17-8-4-7-16(12-17)21-15(2)23/h4,7-8,12,14H,5-6,9-11,13H2,1-3H3,(H,19,20)(H,21,23). The first-order valence-corrected chi connectivity index (χ1v) is 8.54. The first kappa shape index (κ1) is 18.1. The maximum Gasteiger partial charge on any atom is 0.221 e. The van der Waals surface area contributed by atoms with Gasteiger partial charge in [-0.2, -0.15) is 0 Å². The Kier molecular flexibility index (Phi) is 6.90. The van der Waals surface area contributed by atoms with Gasteiger partial charge in [-0.25, -0.2) is 0 Å². The summed E-state index contributed by atoms with van der Waals surface area (Å²) in [4.78, 5) is 17.8. The Balaban J connectivity index is 1.76. The van der Waals surface area contributed by atoms with E-state index in [1.54, 1.807) is 0 Å². The van der Waals surface area contributed by atoms with Gasteiger partial charge in [0.2, 0.25) is 5.91 Å². The number of aliphatic imine (C=N–C) groups is 1. The van der Waals surface area contributed by atoms with Gasteiger partial charge in [-0.3, -0.25) is 9.79 Å². The molecule has 1 saturated heterocycles. The molecule has 1 heterocycles. The minimum absolute atomic E-state index is 0.0895. The predicted octanol–water partition coefficient (Wildman–Crippen LogP) is 2.33. The molecular formula is C18H28N4O2. The quantitative estimate of drug-likeness (QED) is 0.493. The van der Waals surface area contributed by atoms with E-state index in [1.165, 1.54) is 19.8 Å². The molecule has 0 aliphatic carbocycles. The van der Waals surface area contributed by atoms with Crippen LogP contribution < -0.4 is 15.4 Å². The molecule has 6 heteroatoms. The third-order valence-corrected chi connectivity index (χ3v) is 3.98. The fraction of sp³-hybridized carbons (Fsp3) is 0.556. The molecule has 1 aliphatic heterocycles. The van der Waals surface area contributed by atoms with Gasteiger partial charge in [0.1, 0.15) is 12.4 Å². The molecule has 24 heavy (non-hydrogen) atoms. The number of ether oxygens (including phenoxy) is 1. The summed E-state index contributed by atoms with van der Waals surface area (Å²) in [7, 11) is 1.82. The largest absolute Gasteiger partial charge is 0.492 e. The highest BCUT2D eigenvalue weighted by atomic mass is 16.5. The van der Waals surface area contributed by atoms with Crippen molar-refractivity contribution in [3.8, 4) is 5.75 Å². The molecule has 0 bridgehead atoms. The van der Waals surface area contributed by atoms with Crippen molar-refractivity contribution in [3.05, 3.63) is 24.3 Å². The van der Waals surface area contributed by atoms with Crippen LogP contribution in [0.25, 0.3) is 0 Å². The number of carbonyl (C=O) groups excluding carboxylic acids is 1. The fourth-order valence-electron chi connectivity index (χ4n) is 2.91. The zero-order valence-electron chi connectivity index (χ0n) is 14.8. The molecule has 2 rings (SSSR count). The van der Waals surface area contributed by atoms with Crippen molar-refractivity contribution in [1.29, 1.82) is 0 Å². The summed E-state index contributed by atoms with van der Waals surface area (Å²) >= 11 is 0.